The molecule has 0 saturated carbocycles. The van der Waals surface area contributed by atoms with Crippen molar-refractivity contribution in [2.75, 3.05) is 14.2 Å². The van der Waals surface area contributed by atoms with Crippen molar-refractivity contribution in [1.29, 1.82) is 0 Å². The predicted molar refractivity (Wildman–Crippen MR) is 120 cm³/mol. The number of rotatable bonds is 6. The summed E-state index contributed by atoms with van der Waals surface area (Å²) in [6.45, 7) is 0. The third kappa shape index (κ3) is 3.98. The van der Waals surface area contributed by atoms with Crippen LogP contribution in [-0.2, 0) is 10.0 Å². The molecule has 4 rings (SSSR count). The van der Waals surface area contributed by atoms with Gasteiger partial charge in [-0.1, -0.05) is 54.1 Å². The van der Waals surface area contributed by atoms with Gasteiger partial charge in [0.25, 0.3) is 10.0 Å². The fraction of sp³-hybridized carbons (Fsp3) is 0.174. The summed E-state index contributed by atoms with van der Waals surface area (Å²) in [5.74, 6) is 1.08. The predicted octanol–water partition coefficient (Wildman–Crippen LogP) is 4.90. The van der Waals surface area contributed by atoms with E-state index in [9.17, 15) is 8.42 Å². The van der Waals surface area contributed by atoms with E-state index in [2.05, 4.69) is 5.10 Å². The minimum absolute atomic E-state index is 0.171. The molecule has 0 N–H and O–H groups in total. The van der Waals surface area contributed by atoms with E-state index in [1.807, 2.05) is 24.3 Å². The summed E-state index contributed by atoms with van der Waals surface area (Å²) < 4.78 is 38.9. The second-order valence-corrected chi connectivity index (χ2v) is 9.15. The number of nitrogens with zero attached hydrogens (tertiary/aromatic N) is 2. The van der Waals surface area contributed by atoms with Crippen LogP contribution in [0.2, 0.25) is 5.02 Å². The largest absolute Gasteiger partial charge is 0.493 e. The Hall–Kier alpha value is -3.03. The zero-order valence-electron chi connectivity index (χ0n) is 17.0. The molecule has 1 aliphatic rings. The molecule has 0 radical (unpaired) electrons. The van der Waals surface area contributed by atoms with E-state index >= 15 is 0 Å². The maximum absolute atomic E-state index is 13.5. The number of sulfonamides is 1. The van der Waals surface area contributed by atoms with E-state index in [0.29, 0.717) is 34.2 Å². The van der Waals surface area contributed by atoms with Crippen LogP contribution in [0.15, 0.2) is 82.8 Å². The molecule has 1 atom stereocenters. The number of hydrogen-bond donors (Lipinski definition) is 0. The van der Waals surface area contributed by atoms with Gasteiger partial charge in [0.1, 0.15) is 0 Å². The highest BCUT2D eigenvalue weighted by atomic mass is 35.5. The molecule has 160 valence electrons. The van der Waals surface area contributed by atoms with E-state index in [1.165, 1.54) is 4.41 Å². The van der Waals surface area contributed by atoms with Gasteiger partial charge in [-0.25, -0.2) is 0 Å². The van der Waals surface area contributed by atoms with Gasteiger partial charge in [0, 0.05) is 17.0 Å². The first-order chi connectivity index (χ1) is 15.0. The first-order valence-corrected chi connectivity index (χ1v) is 11.4. The molecule has 31 heavy (non-hydrogen) atoms. The van der Waals surface area contributed by atoms with E-state index in [4.69, 9.17) is 21.1 Å². The van der Waals surface area contributed by atoms with Gasteiger partial charge < -0.3 is 9.47 Å². The molecule has 0 spiro atoms. The lowest BCUT2D eigenvalue weighted by molar-refractivity contribution is 0.348. The molecular weight excluding hydrogens is 436 g/mol. The molecule has 0 aliphatic carbocycles. The molecule has 1 aliphatic heterocycles. The molecule has 1 heterocycles. The summed E-state index contributed by atoms with van der Waals surface area (Å²) in [7, 11) is -0.799. The van der Waals surface area contributed by atoms with Gasteiger partial charge >= 0.3 is 0 Å². The van der Waals surface area contributed by atoms with Crippen molar-refractivity contribution in [2.45, 2.75) is 17.4 Å². The van der Waals surface area contributed by atoms with Crippen LogP contribution in [-0.4, -0.2) is 32.8 Å². The van der Waals surface area contributed by atoms with Crippen LogP contribution in [0.3, 0.4) is 0 Å². The summed E-state index contributed by atoms with van der Waals surface area (Å²) >= 11 is 6.38. The standard InChI is InChI=1S/C23H21ClN2O4S/c1-29-22-13-12-16(14-23(22)30-2)21-15-20(18-10-6-7-11-19(18)24)25-26(21)31(27,28)17-8-4-3-5-9-17/h3-14,21H,15H2,1-2H3. The number of methoxy groups -OCH3 is 2. The Labute approximate surface area is 186 Å². The maximum atomic E-state index is 13.5. The number of hydrazone groups is 1. The van der Waals surface area contributed by atoms with Crippen LogP contribution in [0.1, 0.15) is 23.6 Å². The highest BCUT2D eigenvalue weighted by Crippen LogP contribution is 2.40. The Morgan fingerprint density at radius 1 is 0.935 bits per heavy atom. The first-order valence-electron chi connectivity index (χ1n) is 9.59. The van der Waals surface area contributed by atoms with Crippen LogP contribution in [0, 0.1) is 0 Å². The lowest BCUT2D eigenvalue weighted by Crippen LogP contribution is -2.27. The van der Waals surface area contributed by atoms with Crippen molar-refractivity contribution >= 4 is 27.3 Å². The molecule has 0 saturated heterocycles. The molecule has 0 aromatic heterocycles. The number of ether oxygens (including phenoxy) is 2. The van der Waals surface area contributed by atoms with Gasteiger partial charge in [-0.15, -0.1) is 0 Å². The highest BCUT2D eigenvalue weighted by Gasteiger charge is 2.38. The van der Waals surface area contributed by atoms with Crippen LogP contribution in [0.5, 0.6) is 11.5 Å². The molecule has 6 nitrogen and oxygen atoms in total. The fourth-order valence-corrected chi connectivity index (χ4v) is 5.28. The minimum atomic E-state index is -3.89. The second kappa shape index (κ2) is 8.61. The molecule has 0 fully saturated rings. The average Bonchev–Trinajstić information content (AvgIpc) is 3.25. The topological polar surface area (TPSA) is 68.2 Å². The molecule has 8 heteroatoms. The van der Waals surface area contributed by atoms with Gasteiger partial charge in [-0.05, 0) is 35.9 Å². The number of halogens is 1. The van der Waals surface area contributed by atoms with Crippen molar-refractivity contribution in [3.63, 3.8) is 0 Å². The summed E-state index contributed by atoms with van der Waals surface area (Å²) in [5, 5.41) is 5.05. The molecule has 3 aromatic rings. The normalized spacial score (nSPS) is 16.2. The lowest BCUT2D eigenvalue weighted by atomic mass is 9.99. The first kappa shape index (κ1) is 21.2. The quantitative estimate of drug-likeness (QED) is 0.529. The Bertz CT molecular complexity index is 1230. The third-order valence-electron chi connectivity index (χ3n) is 5.14. The van der Waals surface area contributed by atoms with Gasteiger partial charge in [0.05, 0.1) is 30.9 Å². The van der Waals surface area contributed by atoms with Crippen molar-refractivity contribution in [3.8, 4) is 11.5 Å². The highest BCUT2D eigenvalue weighted by molar-refractivity contribution is 7.89. The molecular formula is C23H21ClN2O4S. The average molecular weight is 457 g/mol. The van der Waals surface area contributed by atoms with Crippen molar-refractivity contribution < 1.29 is 17.9 Å². The zero-order valence-corrected chi connectivity index (χ0v) is 18.6. The maximum Gasteiger partial charge on any atom is 0.279 e. The van der Waals surface area contributed by atoms with Gasteiger partial charge in [-0.3, -0.25) is 0 Å². The van der Waals surface area contributed by atoms with Crippen molar-refractivity contribution in [2.24, 2.45) is 5.10 Å². The number of benzene rings is 3. The molecule has 0 amide bonds. The molecule has 3 aromatic carbocycles. The van der Waals surface area contributed by atoms with Gasteiger partial charge in [-0.2, -0.15) is 17.9 Å². The molecule has 1 unspecified atom stereocenters. The Morgan fingerprint density at radius 2 is 1.61 bits per heavy atom. The summed E-state index contributed by atoms with van der Waals surface area (Å²) in [6, 6.07) is 20.3. The van der Waals surface area contributed by atoms with Gasteiger partial charge in [0.15, 0.2) is 11.5 Å². The van der Waals surface area contributed by atoms with E-state index in [-0.39, 0.29) is 4.90 Å². The number of hydrogen-bond acceptors (Lipinski definition) is 5. The third-order valence-corrected chi connectivity index (χ3v) is 7.16. The van der Waals surface area contributed by atoms with E-state index in [0.717, 1.165) is 5.56 Å². The van der Waals surface area contributed by atoms with E-state index < -0.39 is 16.1 Å². The summed E-state index contributed by atoms with van der Waals surface area (Å²) in [5.41, 5.74) is 2.05. The smallest absolute Gasteiger partial charge is 0.279 e. The van der Waals surface area contributed by atoms with Crippen LogP contribution in [0.25, 0.3) is 0 Å². The fourth-order valence-electron chi connectivity index (χ4n) is 3.58. The Kier molecular flexibility index (Phi) is 5.89. The van der Waals surface area contributed by atoms with Crippen LogP contribution in [0.4, 0.5) is 0 Å². The second-order valence-electron chi connectivity index (χ2n) is 6.95. The Morgan fingerprint density at radius 3 is 2.29 bits per heavy atom. The van der Waals surface area contributed by atoms with Crippen molar-refractivity contribution in [1.82, 2.24) is 4.41 Å². The monoisotopic (exact) mass is 456 g/mol. The minimum Gasteiger partial charge on any atom is -0.493 e. The lowest BCUT2D eigenvalue weighted by Gasteiger charge is -2.24. The molecule has 0 bridgehead atoms. The van der Waals surface area contributed by atoms with Crippen molar-refractivity contribution in [3.05, 3.63) is 88.9 Å². The van der Waals surface area contributed by atoms with Gasteiger partial charge in [0.2, 0.25) is 0 Å². The summed E-state index contributed by atoms with van der Waals surface area (Å²) in [4.78, 5) is 0.171. The van der Waals surface area contributed by atoms with Crippen LogP contribution >= 0.6 is 11.6 Å². The zero-order chi connectivity index (χ0) is 22.0. The summed E-state index contributed by atoms with van der Waals surface area (Å²) in [6.07, 6.45) is 0.366. The van der Waals surface area contributed by atoms with E-state index in [1.54, 1.807) is 62.8 Å². The Balaban J connectivity index is 1.83. The van der Waals surface area contributed by atoms with Crippen LogP contribution < -0.4 is 9.47 Å². The SMILES string of the molecule is COc1ccc(C2CC(c3ccccc3Cl)=NN2S(=O)(=O)c2ccccc2)cc1OC.